The summed E-state index contributed by atoms with van der Waals surface area (Å²) in [6.45, 7) is 6.67. The Morgan fingerprint density at radius 1 is 0.944 bits per heavy atom. The fourth-order valence-electron chi connectivity index (χ4n) is 9.47. The molecule has 4 aliphatic heterocycles. The number of carbonyl (C=O) groups is 10. The molecule has 384 valence electrons. The number of ether oxygens (including phenoxy) is 2. The molecule has 7 amide bonds. The normalized spacial score (nSPS) is 28.8. The number of benzene rings is 2. The van der Waals surface area contributed by atoms with Crippen LogP contribution in [0.3, 0.4) is 0 Å². The van der Waals surface area contributed by atoms with Crippen LogP contribution in [0, 0.1) is 5.92 Å². The maximum absolute atomic E-state index is 14.4. The lowest BCUT2D eigenvalue weighted by Crippen LogP contribution is -2.61. The molecule has 0 aliphatic carbocycles. The predicted octanol–water partition coefficient (Wildman–Crippen LogP) is -1.75. The lowest BCUT2D eigenvalue weighted by molar-refractivity contribution is -0.148. The Labute approximate surface area is 407 Å². The number of aldehydes is 1. The molecule has 11 atom stereocenters. The standard InChI is InChI=1S/C47H61N9O15/c1-6-31(58)52-29-19-47-25-9-8-10-30(71-46(5,7-2)38(44(68)69)56-39(63)22(4)51-32(59)20-50-41(29)65)34(25)55-45(47)70-37-24-15-21(3)16-28(53-40(64)27(48)11-12-33(60)61)42(66)54-35(43(67)49-13-14-57)36(62)23(17-24)18-26(37)47/h8-10,14,17-18,21-22,27-29,35-36,38,45,55,62H,6-7,11-13,15-16,19-20,48H2,1-5H3,(H,49,67)(H,50,65)(H,51,59)(H,52,58)(H,53,64)(H,54,66)(H,56,63)(H,60,61)(H,68,69)/t21?,22?,27?,28?,29?,35?,36?,38?,45?,46?,47-/m0/s1. The molecule has 24 nitrogen and oxygen atoms in total. The molecular formula is C47H61N9O15. The molecule has 2 aromatic carbocycles. The largest absolute Gasteiger partial charge is 0.483 e. The Morgan fingerprint density at radius 3 is 2.34 bits per heavy atom. The molecule has 1 spiro atoms. The van der Waals surface area contributed by atoms with Gasteiger partial charge in [0.1, 0.15) is 53.7 Å². The van der Waals surface area contributed by atoms with Crippen molar-refractivity contribution < 1.29 is 72.7 Å². The van der Waals surface area contributed by atoms with E-state index in [2.05, 4.69) is 42.5 Å². The highest BCUT2D eigenvalue weighted by atomic mass is 16.5. The van der Waals surface area contributed by atoms with E-state index in [0.717, 1.165) is 0 Å². The Morgan fingerprint density at radius 2 is 1.68 bits per heavy atom. The lowest BCUT2D eigenvalue weighted by atomic mass is 9.70. The van der Waals surface area contributed by atoms with Crippen LogP contribution in [0.1, 0.15) is 102 Å². The van der Waals surface area contributed by atoms with Gasteiger partial charge in [-0.25, -0.2) is 4.79 Å². The van der Waals surface area contributed by atoms with E-state index < -0.39 is 138 Å². The summed E-state index contributed by atoms with van der Waals surface area (Å²) < 4.78 is 13.5. The summed E-state index contributed by atoms with van der Waals surface area (Å²) in [5.74, 6) is -8.51. The van der Waals surface area contributed by atoms with Gasteiger partial charge < -0.3 is 77.9 Å². The summed E-state index contributed by atoms with van der Waals surface area (Å²) in [4.78, 5) is 131. The van der Waals surface area contributed by atoms with Crippen molar-refractivity contribution in [3.05, 3.63) is 52.6 Å². The van der Waals surface area contributed by atoms with Crippen LogP contribution in [0.25, 0.3) is 0 Å². The van der Waals surface area contributed by atoms with Crippen molar-refractivity contribution in [3.8, 4) is 11.5 Å². The number of hydrogen-bond donors (Lipinski definition) is 12. The van der Waals surface area contributed by atoms with Crippen molar-refractivity contribution in [1.82, 2.24) is 37.2 Å². The molecule has 0 fully saturated rings. The van der Waals surface area contributed by atoms with E-state index >= 15 is 0 Å². The summed E-state index contributed by atoms with van der Waals surface area (Å²) in [6.07, 6.45) is -3.59. The summed E-state index contributed by atoms with van der Waals surface area (Å²) >= 11 is 0. The fourth-order valence-corrected chi connectivity index (χ4v) is 9.47. The first-order valence-corrected chi connectivity index (χ1v) is 23.4. The number of para-hydroxylation sites is 1. The molecule has 2 aromatic rings. The molecule has 0 saturated carbocycles. The number of rotatable bonds is 12. The Hall–Kier alpha value is -7.34. The van der Waals surface area contributed by atoms with Crippen LogP contribution in [0.4, 0.5) is 5.69 Å². The minimum atomic E-state index is -1.88. The van der Waals surface area contributed by atoms with Crippen LogP contribution in [0.15, 0.2) is 30.3 Å². The third-order valence-electron chi connectivity index (χ3n) is 13.5. The first-order valence-electron chi connectivity index (χ1n) is 23.4. The second-order valence-corrected chi connectivity index (χ2v) is 18.6. The van der Waals surface area contributed by atoms with Gasteiger partial charge in [0.15, 0.2) is 12.3 Å². The van der Waals surface area contributed by atoms with Crippen LogP contribution in [-0.4, -0.2) is 136 Å². The Kier molecular flexibility index (Phi) is 16.2. The van der Waals surface area contributed by atoms with Gasteiger partial charge in [-0.1, -0.05) is 32.9 Å². The zero-order valence-corrected chi connectivity index (χ0v) is 39.8. The zero-order chi connectivity index (χ0) is 52.1. The highest BCUT2D eigenvalue weighted by Gasteiger charge is 2.59. The molecule has 71 heavy (non-hydrogen) atoms. The van der Waals surface area contributed by atoms with E-state index in [1.807, 2.05) is 0 Å². The van der Waals surface area contributed by atoms with Crippen molar-refractivity contribution in [2.45, 2.75) is 139 Å². The Balaban J connectivity index is 1.57. The van der Waals surface area contributed by atoms with Crippen LogP contribution >= 0.6 is 0 Å². The van der Waals surface area contributed by atoms with Gasteiger partial charge in [-0.05, 0) is 86.8 Å². The summed E-state index contributed by atoms with van der Waals surface area (Å²) in [7, 11) is 0. The number of carboxylic acids is 2. The molecule has 13 N–H and O–H groups in total. The van der Waals surface area contributed by atoms with Gasteiger partial charge in [-0.2, -0.15) is 0 Å². The number of carboxylic acid groups (broad SMARTS) is 2. The van der Waals surface area contributed by atoms with E-state index in [1.54, 1.807) is 45.0 Å². The molecular weight excluding hydrogens is 931 g/mol. The maximum Gasteiger partial charge on any atom is 0.330 e. The predicted molar refractivity (Wildman–Crippen MR) is 248 cm³/mol. The number of amides is 7. The van der Waals surface area contributed by atoms with Crippen LogP contribution in [-0.2, 0) is 59.8 Å². The first kappa shape index (κ1) is 53.0. The highest BCUT2D eigenvalue weighted by Crippen LogP contribution is 2.59. The summed E-state index contributed by atoms with van der Waals surface area (Å²) in [6, 6.07) is -0.836. The fraction of sp³-hybridized carbons (Fsp3) is 0.532. The minimum Gasteiger partial charge on any atom is -0.483 e. The van der Waals surface area contributed by atoms with Crippen LogP contribution < -0.4 is 57.7 Å². The van der Waals surface area contributed by atoms with Crippen molar-refractivity contribution in [3.63, 3.8) is 0 Å². The number of aliphatic hydroxyl groups excluding tert-OH is 1. The van der Waals surface area contributed by atoms with Gasteiger partial charge >= 0.3 is 11.9 Å². The van der Waals surface area contributed by atoms with E-state index in [1.165, 1.54) is 19.9 Å². The molecule has 6 bridgehead atoms. The maximum atomic E-state index is 14.4. The average molecular weight is 992 g/mol. The van der Waals surface area contributed by atoms with Gasteiger partial charge in [0, 0.05) is 18.4 Å². The van der Waals surface area contributed by atoms with Crippen molar-refractivity contribution in [1.29, 1.82) is 0 Å². The van der Waals surface area contributed by atoms with Crippen LogP contribution in [0.2, 0.25) is 0 Å². The lowest BCUT2D eigenvalue weighted by Gasteiger charge is -2.36. The number of anilines is 1. The van der Waals surface area contributed by atoms with E-state index in [9.17, 15) is 58.2 Å². The number of nitrogens with two attached hydrogens (primary N) is 1. The average Bonchev–Trinajstić information content (AvgIpc) is 3.81. The third kappa shape index (κ3) is 11.2. The number of nitrogens with one attached hydrogen (secondary N) is 8. The highest BCUT2D eigenvalue weighted by molar-refractivity contribution is 5.95. The van der Waals surface area contributed by atoms with Crippen molar-refractivity contribution in [2.75, 3.05) is 18.4 Å². The molecule has 4 heterocycles. The molecule has 4 aliphatic rings. The molecule has 24 heteroatoms. The molecule has 10 unspecified atom stereocenters. The molecule has 0 radical (unpaired) electrons. The smallest absolute Gasteiger partial charge is 0.330 e. The SMILES string of the molecule is CCC(=O)NC1C[C@@]23c4cccc(c4NC2Oc2c4cc(cc23)C(O)C(C(=O)NCC=O)NC(=O)C(NC(=O)C(N)CCC(=O)O)CC(C)C4)OC(C)(CC)C(C(=O)O)NC(=O)C(C)NC(=O)CNC1=O. The van der Waals surface area contributed by atoms with Gasteiger partial charge in [-0.3, -0.25) is 38.4 Å². The van der Waals surface area contributed by atoms with E-state index in [0.29, 0.717) is 23.0 Å². The minimum absolute atomic E-state index is 0.0368. The summed E-state index contributed by atoms with van der Waals surface area (Å²) in [5, 5.41) is 53.1. The van der Waals surface area contributed by atoms with Crippen molar-refractivity contribution >= 4 is 65.3 Å². The quantitative estimate of drug-likeness (QED) is 0.105. The van der Waals surface area contributed by atoms with Crippen LogP contribution in [0.5, 0.6) is 11.5 Å². The number of fused-ring (bicyclic) bond motifs is 4. The zero-order valence-electron chi connectivity index (χ0n) is 39.8. The van der Waals surface area contributed by atoms with E-state index in [-0.39, 0.29) is 61.3 Å². The topological polar surface area (TPSA) is 372 Å². The summed E-state index contributed by atoms with van der Waals surface area (Å²) in [5.41, 5.74) is 4.35. The number of aliphatic carboxylic acids is 2. The van der Waals surface area contributed by atoms with Crippen molar-refractivity contribution in [2.24, 2.45) is 11.7 Å². The monoisotopic (exact) mass is 991 g/mol. The second-order valence-electron chi connectivity index (χ2n) is 18.6. The molecule has 0 saturated heterocycles. The first-order chi connectivity index (χ1) is 33.6. The Bertz CT molecular complexity index is 2490. The van der Waals surface area contributed by atoms with Gasteiger partial charge in [0.25, 0.3) is 0 Å². The van der Waals surface area contributed by atoms with Gasteiger partial charge in [0.2, 0.25) is 41.4 Å². The van der Waals surface area contributed by atoms with Gasteiger partial charge in [-0.15, -0.1) is 0 Å². The van der Waals surface area contributed by atoms with E-state index in [4.69, 9.17) is 20.3 Å². The number of carbonyl (C=O) groups excluding carboxylic acids is 8. The molecule has 0 aromatic heterocycles. The number of aliphatic hydroxyl groups is 1. The third-order valence-corrected chi connectivity index (χ3v) is 13.5. The number of hydrogen-bond acceptors (Lipinski definition) is 15. The van der Waals surface area contributed by atoms with Gasteiger partial charge in [0.05, 0.1) is 30.2 Å². The molecule has 6 rings (SSSR count). The second kappa shape index (κ2) is 21.7.